The maximum atomic E-state index is 10.4. The molecule has 3 nitrogen and oxygen atoms in total. The van der Waals surface area contributed by atoms with Crippen LogP contribution in [0, 0.1) is 0 Å². The number of primary amides is 1. The van der Waals surface area contributed by atoms with E-state index in [4.69, 9.17) is 10.5 Å². The first kappa shape index (κ1) is 13.7. The number of ether oxygens (including phenoxy) is 1. The topological polar surface area (TPSA) is 52.3 Å². The molecule has 0 fully saturated rings. The fraction of sp³-hybridized carbons (Fsp3) is 0.417. The Morgan fingerprint density at radius 1 is 1.33 bits per heavy atom. The van der Waals surface area contributed by atoms with Gasteiger partial charge in [-0.1, -0.05) is 37.0 Å². The third-order valence-electron chi connectivity index (χ3n) is 1.75. The van der Waals surface area contributed by atoms with Crippen LogP contribution in [-0.4, -0.2) is 19.1 Å². The van der Waals surface area contributed by atoms with Gasteiger partial charge in [-0.05, 0) is 12.8 Å². The van der Waals surface area contributed by atoms with Crippen molar-refractivity contribution in [3.8, 4) is 0 Å². The first-order valence-corrected chi connectivity index (χ1v) is 4.99. The number of hydrogen-bond acceptors (Lipinski definition) is 2. The minimum Gasteiger partial charge on any atom is -0.381 e. The van der Waals surface area contributed by atoms with Gasteiger partial charge in [-0.15, -0.1) is 0 Å². The molecule has 0 aromatic carbocycles. The standard InChI is InChI=1S/C12H19NO2/c1-3-4-6-11(2)8-10-15-9-5-7-12(13)14/h3-4,6H,1-2,5,7-10H2,(H2,13,14)/b6-4-. The zero-order chi connectivity index (χ0) is 11.5. The van der Waals surface area contributed by atoms with Crippen molar-refractivity contribution in [1.82, 2.24) is 0 Å². The van der Waals surface area contributed by atoms with Gasteiger partial charge in [0.05, 0.1) is 6.61 Å². The molecule has 0 atom stereocenters. The maximum absolute atomic E-state index is 10.4. The van der Waals surface area contributed by atoms with Gasteiger partial charge in [-0.25, -0.2) is 0 Å². The Labute approximate surface area is 91.3 Å². The molecule has 2 N–H and O–H groups in total. The molecule has 1 amide bonds. The summed E-state index contributed by atoms with van der Waals surface area (Å²) in [6.07, 6.45) is 7.32. The Balaban J connectivity index is 3.31. The van der Waals surface area contributed by atoms with Gasteiger partial charge in [0, 0.05) is 13.0 Å². The summed E-state index contributed by atoms with van der Waals surface area (Å²) in [5, 5.41) is 0. The lowest BCUT2D eigenvalue weighted by Gasteiger charge is -2.02. The van der Waals surface area contributed by atoms with E-state index in [1.807, 2.05) is 12.2 Å². The highest BCUT2D eigenvalue weighted by atomic mass is 16.5. The molecule has 0 aliphatic rings. The predicted molar refractivity (Wildman–Crippen MR) is 62.3 cm³/mol. The molecule has 0 rings (SSSR count). The van der Waals surface area contributed by atoms with Crippen LogP contribution in [0.1, 0.15) is 19.3 Å². The average Bonchev–Trinajstić information content (AvgIpc) is 2.19. The fourth-order valence-corrected chi connectivity index (χ4v) is 0.941. The van der Waals surface area contributed by atoms with Crippen molar-refractivity contribution in [3.05, 3.63) is 37.0 Å². The molecule has 15 heavy (non-hydrogen) atoms. The van der Waals surface area contributed by atoms with Crippen molar-refractivity contribution < 1.29 is 9.53 Å². The number of carbonyl (C=O) groups excluding carboxylic acids is 1. The van der Waals surface area contributed by atoms with E-state index in [1.165, 1.54) is 0 Å². The normalized spacial score (nSPS) is 10.4. The van der Waals surface area contributed by atoms with Crippen molar-refractivity contribution in [2.24, 2.45) is 5.73 Å². The number of nitrogens with two attached hydrogens (primary N) is 1. The molecule has 0 radical (unpaired) electrons. The van der Waals surface area contributed by atoms with Gasteiger partial charge in [0.15, 0.2) is 0 Å². The highest BCUT2D eigenvalue weighted by Gasteiger charge is 1.94. The Morgan fingerprint density at radius 2 is 2.07 bits per heavy atom. The Kier molecular flexibility index (Phi) is 8.39. The SMILES string of the molecule is C=C/C=C\C(=C)CCOCCCC(N)=O. The minimum atomic E-state index is -0.281. The van der Waals surface area contributed by atoms with Crippen LogP contribution in [0.2, 0.25) is 0 Å². The second-order valence-corrected chi connectivity index (χ2v) is 3.19. The summed E-state index contributed by atoms with van der Waals surface area (Å²) in [4.78, 5) is 10.4. The van der Waals surface area contributed by atoms with Gasteiger partial charge in [0.1, 0.15) is 0 Å². The molecule has 84 valence electrons. The summed E-state index contributed by atoms with van der Waals surface area (Å²) in [6.45, 7) is 8.61. The quantitative estimate of drug-likeness (QED) is 0.466. The van der Waals surface area contributed by atoms with Gasteiger partial charge < -0.3 is 10.5 Å². The van der Waals surface area contributed by atoms with Gasteiger partial charge in [-0.3, -0.25) is 4.79 Å². The van der Waals surface area contributed by atoms with Gasteiger partial charge in [0.2, 0.25) is 5.91 Å². The summed E-state index contributed by atoms with van der Waals surface area (Å²) < 4.78 is 5.31. The molecular weight excluding hydrogens is 190 g/mol. The van der Waals surface area contributed by atoms with Crippen LogP contribution in [0.5, 0.6) is 0 Å². The largest absolute Gasteiger partial charge is 0.381 e. The van der Waals surface area contributed by atoms with Crippen LogP contribution in [0.15, 0.2) is 37.0 Å². The second-order valence-electron chi connectivity index (χ2n) is 3.19. The molecule has 0 aliphatic heterocycles. The average molecular weight is 209 g/mol. The smallest absolute Gasteiger partial charge is 0.217 e. The van der Waals surface area contributed by atoms with E-state index in [9.17, 15) is 4.79 Å². The summed E-state index contributed by atoms with van der Waals surface area (Å²) in [5.74, 6) is -0.281. The molecule has 0 aliphatic carbocycles. The van der Waals surface area contributed by atoms with Crippen LogP contribution in [0.4, 0.5) is 0 Å². The molecule has 0 aromatic heterocycles. The zero-order valence-corrected chi connectivity index (χ0v) is 9.08. The van der Waals surface area contributed by atoms with Crippen LogP contribution in [0.25, 0.3) is 0 Å². The van der Waals surface area contributed by atoms with E-state index in [-0.39, 0.29) is 5.91 Å². The van der Waals surface area contributed by atoms with E-state index in [2.05, 4.69) is 13.2 Å². The Bertz CT molecular complexity index is 244. The van der Waals surface area contributed by atoms with Crippen LogP contribution >= 0.6 is 0 Å². The first-order valence-electron chi connectivity index (χ1n) is 4.99. The van der Waals surface area contributed by atoms with Crippen LogP contribution in [-0.2, 0) is 9.53 Å². The molecule has 0 saturated carbocycles. The van der Waals surface area contributed by atoms with Gasteiger partial charge in [0.25, 0.3) is 0 Å². The van der Waals surface area contributed by atoms with Crippen LogP contribution < -0.4 is 5.73 Å². The number of hydrogen-bond donors (Lipinski definition) is 1. The number of rotatable bonds is 9. The van der Waals surface area contributed by atoms with Crippen molar-refractivity contribution in [2.75, 3.05) is 13.2 Å². The molecule has 0 unspecified atom stereocenters. The lowest BCUT2D eigenvalue weighted by molar-refractivity contribution is -0.118. The molecule has 0 aromatic rings. The summed E-state index contributed by atoms with van der Waals surface area (Å²) in [7, 11) is 0. The third-order valence-corrected chi connectivity index (χ3v) is 1.75. The predicted octanol–water partition coefficient (Wildman–Crippen LogP) is 1.96. The molecular formula is C12H19NO2. The van der Waals surface area contributed by atoms with E-state index in [0.717, 1.165) is 12.0 Å². The number of amides is 1. The lowest BCUT2D eigenvalue weighted by atomic mass is 10.2. The lowest BCUT2D eigenvalue weighted by Crippen LogP contribution is -2.11. The minimum absolute atomic E-state index is 0.281. The molecule has 0 spiro atoms. The highest BCUT2D eigenvalue weighted by molar-refractivity contribution is 5.73. The number of carbonyl (C=O) groups is 1. The molecule has 3 heteroatoms. The molecule has 0 heterocycles. The van der Waals surface area contributed by atoms with Gasteiger partial charge >= 0.3 is 0 Å². The third kappa shape index (κ3) is 10.6. The van der Waals surface area contributed by atoms with Crippen molar-refractivity contribution >= 4 is 5.91 Å². The monoisotopic (exact) mass is 209 g/mol. The summed E-state index contributed by atoms with van der Waals surface area (Å²) >= 11 is 0. The fourth-order valence-electron chi connectivity index (χ4n) is 0.941. The second kappa shape index (κ2) is 9.21. The first-order chi connectivity index (χ1) is 7.16. The molecule has 0 bridgehead atoms. The van der Waals surface area contributed by atoms with Gasteiger partial charge in [-0.2, -0.15) is 0 Å². The van der Waals surface area contributed by atoms with E-state index in [0.29, 0.717) is 26.1 Å². The maximum Gasteiger partial charge on any atom is 0.217 e. The van der Waals surface area contributed by atoms with E-state index in [1.54, 1.807) is 6.08 Å². The van der Waals surface area contributed by atoms with Crippen molar-refractivity contribution in [3.63, 3.8) is 0 Å². The Morgan fingerprint density at radius 3 is 2.67 bits per heavy atom. The van der Waals surface area contributed by atoms with Crippen molar-refractivity contribution in [1.29, 1.82) is 0 Å². The summed E-state index contributed by atoms with van der Waals surface area (Å²) in [5.41, 5.74) is 5.99. The molecule has 0 saturated heterocycles. The highest BCUT2D eigenvalue weighted by Crippen LogP contribution is 2.01. The Hall–Kier alpha value is -1.35. The summed E-state index contributed by atoms with van der Waals surface area (Å²) in [6, 6.07) is 0. The van der Waals surface area contributed by atoms with E-state index >= 15 is 0 Å². The van der Waals surface area contributed by atoms with Crippen molar-refractivity contribution in [2.45, 2.75) is 19.3 Å². The zero-order valence-electron chi connectivity index (χ0n) is 9.08. The van der Waals surface area contributed by atoms with E-state index < -0.39 is 0 Å². The van der Waals surface area contributed by atoms with Crippen LogP contribution in [0.3, 0.4) is 0 Å². The number of allylic oxidation sites excluding steroid dienone is 3.